The van der Waals surface area contributed by atoms with Gasteiger partial charge in [-0.2, -0.15) is 18.2 Å². The summed E-state index contributed by atoms with van der Waals surface area (Å²) in [6.07, 6.45) is -2.71. The standard InChI is InChI=1S/C19H19F3N4O5/c1-2-30-18(27)12-6-8-25(9-7-12)16-15(26(28)29)17(24-11-23-16)31-14-5-3-4-13(10-14)19(20,21)22/h3-5,10-12H,2,6-9H2,1H3. The smallest absolute Gasteiger partial charge is 0.416 e. The Labute approximate surface area is 175 Å². The van der Waals surface area contributed by atoms with Crippen molar-refractivity contribution in [3.8, 4) is 11.6 Å². The molecule has 0 bridgehead atoms. The molecule has 0 saturated carbocycles. The molecule has 9 nitrogen and oxygen atoms in total. The number of rotatable bonds is 6. The van der Waals surface area contributed by atoms with Crippen molar-refractivity contribution in [3.63, 3.8) is 0 Å². The van der Waals surface area contributed by atoms with Crippen LogP contribution in [0.4, 0.5) is 24.7 Å². The minimum absolute atomic E-state index is 0.0238. The highest BCUT2D eigenvalue weighted by Crippen LogP contribution is 2.39. The second-order valence-electron chi connectivity index (χ2n) is 6.75. The van der Waals surface area contributed by atoms with Crippen LogP contribution >= 0.6 is 0 Å². The molecule has 0 spiro atoms. The zero-order valence-corrected chi connectivity index (χ0v) is 16.5. The lowest BCUT2D eigenvalue weighted by atomic mass is 9.97. The summed E-state index contributed by atoms with van der Waals surface area (Å²) in [4.78, 5) is 32.2. The SMILES string of the molecule is CCOC(=O)C1CCN(c2ncnc(Oc3cccc(C(F)(F)F)c3)c2[N+](=O)[O-])CC1. The first kappa shape index (κ1) is 22.2. The number of aromatic nitrogens is 2. The van der Waals surface area contributed by atoms with Gasteiger partial charge in [-0.15, -0.1) is 0 Å². The third-order valence-electron chi connectivity index (χ3n) is 4.74. The highest BCUT2D eigenvalue weighted by molar-refractivity contribution is 5.73. The topological polar surface area (TPSA) is 108 Å². The molecule has 0 radical (unpaired) electrons. The Balaban J connectivity index is 1.84. The lowest BCUT2D eigenvalue weighted by Gasteiger charge is -2.31. The molecule has 1 aromatic heterocycles. The predicted octanol–water partition coefficient (Wildman–Crippen LogP) is 3.98. The zero-order valence-electron chi connectivity index (χ0n) is 16.5. The number of anilines is 1. The molecule has 0 N–H and O–H groups in total. The minimum atomic E-state index is -4.59. The Morgan fingerprint density at radius 2 is 2.00 bits per heavy atom. The Kier molecular flexibility index (Phi) is 6.56. The third kappa shape index (κ3) is 5.19. The molecule has 0 atom stereocenters. The highest BCUT2D eigenvalue weighted by atomic mass is 19.4. The number of hydrogen-bond donors (Lipinski definition) is 0. The highest BCUT2D eigenvalue weighted by Gasteiger charge is 2.34. The van der Waals surface area contributed by atoms with Gasteiger partial charge in [0.25, 0.3) is 0 Å². The van der Waals surface area contributed by atoms with Gasteiger partial charge in [0, 0.05) is 13.1 Å². The van der Waals surface area contributed by atoms with E-state index >= 15 is 0 Å². The number of carbonyl (C=O) groups excluding carboxylic acids is 1. The first-order chi connectivity index (χ1) is 14.7. The molecule has 1 fully saturated rings. The zero-order chi connectivity index (χ0) is 22.6. The van der Waals surface area contributed by atoms with Crippen molar-refractivity contribution >= 4 is 17.5 Å². The second kappa shape index (κ2) is 9.14. The molecule has 1 aliphatic rings. The number of esters is 1. The van der Waals surface area contributed by atoms with Gasteiger partial charge in [0.1, 0.15) is 12.1 Å². The molecular weight excluding hydrogens is 421 g/mol. The van der Waals surface area contributed by atoms with E-state index in [4.69, 9.17) is 9.47 Å². The van der Waals surface area contributed by atoms with Crippen LogP contribution in [0.3, 0.4) is 0 Å². The summed E-state index contributed by atoms with van der Waals surface area (Å²) in [7, 11) is 0. The number of piperidine rings is 1. The summed E-state index contributed by atoms with van der Waals surface area (Å²) in [6.45, 7) is 2.60. The van der Waals surface area contributed by atoms with Crippen LogP contribution in [0, 0.1) is 16.0 Å². The molecule has 2 heterocycles. The Bertz CT molecular complexity index is 962. The number of hydrogen-bond acceptors (Lipinski definition) is 8. The molecule has 1 aromatic carbocycles. The number of benzene rings is 1. The van der Waals surface area contributed by atoms with Gasteiger partial charge in [-0.1, -0.05) is 6.07 Å². The van der Waals surface area contributed by atoms with Crippen molar-refractivity contribution < 1.29 is 32.4 Å². The van der Waals surface area contributed by atoms with Gasteiger partial charge >= 0.3 is 23.7 Å². The number of halogens is 3. The predicted molar refractivity (Wildman–Crippen MR) is 102 cm³/mol. The fraction of sp³-hybridized carbons (Fsp3) is 0.421. The van der Waals surface area contributed by atoms with E-state index in [0.29, 0.717) is 25.9 Å². The van der Waals surface area contributed by atoms with Gasteiger partial charge in [0.2, 0.25) is 5.82 Å². The van der Waals surface area contributed by atoms with Crippen LogP contribution in [0.2, 0.25) is 0 Å². The molecule has 0 aliphatic carbocycles. The van der Waals surface area contributed by atoms with Gasteiger partial charge < -0.3 is 14.4 Å². The van der Waals surface area contributed by atoms with Gasteiger partial charge in [-0.05, 0) is 38.0 Å². The summed E-state index contributed by atoms with van der Waals surface area (Å²) in [5, 5.41) is 11.7. The second-order valence-corrected chi connectivity index (χ2v) is 6.75. The monoisotopic (exact) mass is 440 g/mol. The maximum absolute atomic E-state index is 12.9. The quantitative estimate of drug-likeness (QED) is 0.377. The van der Waals surface area contributed by atoms with Crippen molar-refractivity contribution in [3.05, 3.63) is 46.3 Å². The van der Waals surface area contributed by atoms with Crippen molar-refractivity contribution in [2.45, 2.75) is 25.9 Å². The van der Waals surface area contributed by atoms with Crippen LogP contribution in [0.1, 0.15) is 25.3 Å². The van der Waals surface area contributed by atoms with E-state index < -0.39 is 28.2 Å². The lowest BCUT2D eigenvalue weighted by molar-refractivity contribution is -0.385. The summed E-state index contributed by atoms with van der Waals surface area (Å²) < 4.78 is 49.1. The van der Waals surface area contributed by atoms with Gasteiger partial charge in [-0.3, -0.25) is 14.9 Å². The van der Waals surface area contributed by atoms with E-state index in [1.54, 1.807) is 11.8 Å². The first-order valence-electron chi connectivity index (χ1n) is 9.46. The van der Waals surface area contributed by atoms with E-state index in [0.717, 1.165) is 24.5 Å². The van der Waals surface area contributed by atoms with E-state index in [1.165, 1.54) is 6.07 Å². The van der Waals surface area contributed by atoms with Crippen LogP contribution in [-0.2, 0) is 15.7 Å². The van der Waals surface area contributed by atoms with E-state index in [9.17, 15) is 28.1 Å². The fourth-order valence-electron chi connectivity index (χ4n) is 3.25. The Morgan fingerprint density at radius 3 is 2.61 bits per heavy atom. The largest absolute Gasteiger partial charge is 0.466 e. The molecule has 0 unspecified atom stereocenters. The van der Waals surface area contributed by atoms with E-state index in [2.05, 4.69) is 9.97 Å². The van der Waals surface area contributed by atoms with Crippen LogP contribution < -0.4 is 9.64 Å². The minimum Gasteiger partial charge on any atom is -0.466 e. The third-order valence-corrected chi connectivity index (χ3v) is 4.74. The number of alkyl halides is 3. The van der Waals surface area contributed by atoms with Crippen LogP contribution in [-0.4, -0.2) is 40.6 Å². The van der Waals surface area contributed by atoms with E-state index in [-0.39, 0.29) is 30.1 Å². The van der Waals surface area contributed by atoms with Crippen molar-refractivity contribution in [1.82, 2.24) is 9.97 Å². The Hall–Kier alpha value is -3.44. The molecule has 12 heteroatoms. The molecule has 1 aliphatic heterocycles. The average Bonchev–Trinajstić information content (AvgIpc) is 2.73. The van der Waals surface area contributed by atoms with E-state index in [1.807, 2.05) is 0 Å². The van der Waals surface area contributed by atoms with Crippen LogP contribution in [0.25, 0.3) is 0 Å². The Morgan fingerprint density at radius 1 is 1.29 bits per heavy atom. The average molecular weight is 440 g/mol. The normalized spacial score (nSPS) is 14.9. The molecular formula is C19H19F3N4O5. The van der Waals surface area contributed by atoms with Crippen molar-refractivity contribution in [2.24, 2.45) is 5.92 Å². The fourth-order valence-corrected chi connectivity index (χ4v) is 3.25. The summed E-state index contributed by atoms with van der Waals surface area (Å²) in [5.74, 6) is -1.36. The number of carbonyl (C=O) groups is 1. The van der Waals surface area contributed by atoms with Gasteiger partial charge in [0.05, 0.1) is 23.0 Å². The number of nitrogens with zero attached hydrogens (tertiary/aromatic N) is 4. The molecule has 31 heavy (non-hydrogen) atoms. The van der Waals surface area contributed by atoms with Crippen molar-refractivity contribution in [1.29, 1.82) is 0 Å². The lowest BCUT2D eigenvalue weighted by Crippen LogP contribution is -2.37. The molecule has 3 rings (SSSR count). The number of ether oxygens (including phenoxy) is 2. The molecule has 1 saturated heterocycles. The molecule has 0 amide bonds. The van der Waals surface area contributed by atoms with Crippen LogP contribution in [0.5, 0.6) is 11.6 Å². The number of nitro groups is 1. The van der Waals surface area contributed by atoms with Gasteiger partial charge in [-0.25, -0.2) is 4.98 Å². The maximum Gasteiger partial charge on any atom is 0.416 e. The van der Waals surface area contributed by atoms with Crippen LogP contribution in [0.15, 0.2) is 30.6 Å². The molecule has 2 aromatic rings. The maximum atomic E-state index is 12.9. The van der Waals surface area contributed by atoms with Gasteiger partial charge in [0.15, 0.2) is 0 Å². The summed E-state index contributed by atoms with van der Waals surface area (Å²) in [5.41, 5.74) is -1.52. The molecule has 166 valence electrons. The summed E-state index contributed by atoms with van der Waals surface area (Å²) >= 11 is 0. The first-order valence-corrected chi connectivity index (χ1v) is 9.46. The van der Waals surface area contributed by atoms with Crippen molar-refractivity contribution in [2.75, 3.05) is 24.6 Å². The summed E-state index contributed by atoms with van der Waals surface area (Å²) in [6, 6.07) is 3.97.